The minimum Gasteiger partial charge on any atom is -0.149 e. The van der Waals surface area contributed by atoms with Gasteiger partial charge < -0.3 is 0 Å². The van der Waals surface area contributed by atoms with Crippen molar-refractivity contribution in [2.75, 3.05) is 0 Å². The molecule has 0 N–H and O–H groups in total. The molecule has 242 valence electrons. The predicted octanol–water partition coefficient (Wildman–Crippen LogP) is 6.16. The highest BCUT2D eigenvalue weighted by molar-refractivity contribution is 7.43. The Morgan fingerprint density at radius 2 is 0.477 bits per heavy atom. The van der Waals surface area contributed by atoms with E-state index in [2.05, 4.69) is 172 Å². The van der Waals surface area contributed by atoms with E-state index in [0.717, 1.165) is 0 Å². The first kappa shape index (κ1) is 37.9. The lowest BCUT2D eigenvalue weighted by Crippen LogP contribution is -2.82. The first-order chi connectivity index (χ1) is 19.5. The summed E-state index contributed by atoms with van der Waals surface area (Å²) in [5, 5.41) is 14.4. The molecule has 0 spiro atoms. The van der Waals surface area contributed by atoms with Crippen LogP contribution in [0.1, 0.15) is 0 Å². The first-order valence-electron chi connectivity index (χ1n) is 16.7. The van der Waals surface area contributed by atoms with E-state index in [1.54, 1.807) is 31.1 Å². The van der Waals surface area contributed by atoms with E-state index < -0.39 is 55.8 Å². The molecule has 0 aromatic heterocycles. The summed E-state index contributed by atoms with van der Waals surface area (Å²) < 4.78 is 0. The molecule has 0 aliphatic heterocycles. The molecule has 0 amide bonds. The monoisotopic (exact) mass is 726 g/mol. The van der Waals surface area contributed by atoms with Gasteiger partial charge in [0.2, 0.25) is 7.38 Å². The summed E-state index contributed by atoms with van der Waals surface area (Å²) in [4.78, 5) is 0. The third-order valence-corrected chi connectivity index (χ3v) is 28.0. The summed E-state index contributed by atoms with van der Waals surface area (Å²) in [6.07, 6.45) is 0. The minimum atomic E-state index is -3.03. The molecular formula is C36H63ClSi7. The lowest BCUT2D eigenvalue weighted by Gasteiger charge is -2.42. The van der Waals surface area contributed by atoms with E-state index in [9.17, 15) is 0 Å². The van der Waals surface area contributed by atoms with E-state index >= 15 is 0 Å². The van der Waals surface area contributed by atoms with Gasteiger partial charge in [0, 0.05) is 0 Å². The minimum absolute atomic E-state index is 1.51. The highest BCUT2D eigenvalue weighted by Gasteiger charge is 2.49. The van der Waals surface area contributed by atoms with Crippen molar-refractivity contribution in [3.8, 4) is 0 Å². The number of hydrogen-bond acceptors (Lipinski definition) is 0. The van der Waals surface area contributed by atoms with Crippen LogP contribution in [0.2, 0.25) is 118 Å². The van der Waals surface area contributed by atoms with Crippen LogP contribution in [0, 0.1) is 0 Å². The maximum absolute atomic E-state index is 8.97. The first-order valence-corrected chi connectivity index (χ1v) is 40.7. The maximum Gasteiger partial charge on any atom is 0.247 e. The summed E-state index contributed by atoms with van der Waals surface area (Å²) in [5.74, 6) is 0. The third-order valence-electron chi connectivity index (χ3n) is 8.98. The van der Waals surface area contributed by atoms with Gasteiger partial charge in [0.05, 0.1) is 48.4 Å². The van der Waals surface area contributed by atoms with Gasteiger partial charge in [-0.1, -0.05) is 204 Å². The predicted molar refractivity (Wildman–Crippen MR) is 228 cm³/mol. The molecule has 0 radical (unpaired) electrons. The standard InChI is InChI=1S/C36H63ClSi7/c1-38(2,3)28-22-19-25-31(34(28)41(10,11)12)44(37,32-26-20-23-29(39(4,5)6)35(32)42(13,14)15)33-27-21-24-30(40(7,8)9)36(33)43(16,17)18/h19-27H,1-18H3. The summed E-state index contributed by atoms with van der Waals surface area (Å²) in [5.41, 5.74) is 0. The molecule has 0 unspecified atom stereocenters. The normalized spacial score (nSPS) is 14.2. The van der Waals surface area contributed by atoms with Crippen molar-refractivity contribution in [1.82, 2.24) is 0 Å². The SMILES string of the molecule is C[Si](C)(C)c1cccc([Si](Cl)(c2cccc([Si](C)(C)C)c2[Si](C)(C)C)c2cccc([Si](C)(C)C)c2[Si](C)(C)C)c1[Si](C)(C)C. The van der Waals surface area contributed by atoms with Crippen LogP contribution in [-0.4, -0.2) is 55.8 Å². The average Bonchev–Trinajstić information content (AvgIpc) is 2.83. The summed E-state index contributed by atoms with van der Waals surface area (Å²) in [6.45, 7) is 45.9. The maximum atomic E-state index is 8.97. The Hall–Kier alpha value is -0.532. The van der Waals surface area contributed by atoms with E-state index in [1.165, 1.54) is 15.6 Å². The van der Waals surface area contributed by atoms with Gasteiger partial charge in [0.25, 0.3) is 0 Å². The van der Waals surface area contributed by atoms with Crippen LogP contribution in [0.3, 0.4) is 0 Å². The topological polar surface area (TPSA) is 0 Å². The molecule has 0 aliphatic carbocycles. The highest BCUT2D eigenvalue weighted by atomic mass is 35.6. The summed E-state index contributed by atoms with van der Waals surface area (Å²) in [7, 11) is -13.4. The second-order valence-corrected chi connectivity index (χ2v) is 54.1. The van der Waals surface area contributed by atoms with E-state index in [-0.39, 0.29) is 0 Å². The van der Waals surface area contributed by atoms with Crippen LogP contribution in [0.15, 0.2) is 54.6 Å². The second kappa shape index (κ2) is 12.2. The summed E-state index contributed by atoms with van der Waals surface area (Å²) >= 11 is 8.97. The van der Waals surface area contributed by atoms with Crippen LogP contribution >= 0.6 is 11.1 Å². The van der Waals surface area contributed by atoms with Crippen LogP contribution in [0.25, 0.3) is 0 Å². The van der Waals surface area contributed by atoms with E-state index in [0.29, 0.717) is 0 Å². The van der Waals surface area contributed by atoms with Crippen molar-refractivity contribution in [3.05, 3.63) is 54.6 Å². The van der Waals surface area contributed by atoms with Crippen molar-refractivity contribution in [3.63, 3.8) is 0 Å². The van der Waals surface area contributed by atoms with Crippen molar-refractivity contribution in [2.24, 2.45) is 0 Å². The number of halogens is 1. The molecule has 44 heavy (non-hydrogen) atoms. The molecule has 0 saturated heterocycles. The van der Waals surface area contributed by atoms with Gasteiger partial charge in [-0.2, -0.15) is 0 Å². The zero-order valence-corrected chi connectivity index (χ0v) is 39.3. The highest BCUT2D eigenvalue weighted by Crippen LogP contribution is 2.19. The van der Waals surface area contributed by atoms with Crippen molar-refractivity contribution < 1.29 is 0 Å². The van der Waals surface area contributed by atoms with Gasteiger partial charge in [-0.05, 0) is 15.6 Å². The largest absolute Gasteiger partial charge is 0.247 e. The molecule has 0 nitrogen and oxygen atoms in total. The van der Waals surface area contributed by atoms with Crippen molar-refractivity contribution in [1.29, 1.82) is 0 Å². The molecule has 0 heterocycles. The molecule has 0 aliphatic rings. The number of rotatable bonds is 9. The summed E-state index contributed by atoms with van der Waals surface area (Å²) in [6, 6.07) is 22.1. The Balaban J connectivity index is 2.85. The van der Waals surface area contributed by atoms with Gasteiger partial charge in [-0.25, -0.2) is 0 Å². The Kier molecular flexibility index (Phi) is 10.5. The fourth-order valence-corrected chi connectivity index (χ4v) is 34.6. The number of benzene rings is 3. The van der Waals surface area contributed by atoms with Crippen LogP contribution in [-0.2, 0) is 0 Å². The van der Waals surface area contributed by atoms with Gasteiger partial charge >= 0.3 is 0 Å². The van der Waals surface area contributed by atoms with Gasteiger partial charge in [0.15, 0.2) is 0 Å². The number of hydrogen-bond donors (Lipinski definition) is 0. The smallest absolute Gasteiger partial charge is 0.149 e. The van der Waals surface area contributed by atoms with E-state index in [1.807, 2.05) is 0 Å². The molecule has 0 atom stereocenters. The molecular weight excluding hydrogens is 664 g/mol. The second-order valence-electron chi connectivity index (χ2n) is 19.3. The van der Waals surface area contributed by atoms with Gasteiger partial charge in [0.1, 0.15) is 0 Å². The Labute approximate surface area is 284 Å². The molecule has 3 rings (SSSR count). The fraction of sp³-hybridized carbons (Fsp3) is 0.500. The van der Waals surface area contributed by atoms with Crippen LogP contribution < -0.4 is 46.7 Å². The molecule has 0 bridgehead atoms. The Morgan fingerprint density at radius 3 is 0.636 bits per heavy atom. The van der Waals surface area contributed by atoms with Crippen molar-refractivity contribution >= 4 is 114 Å². The zero-order chi connectivity index (χ0) is 34.1. The van der Waals surface area contributed by atoms with Crippen molar-refractivity contribution in [2.45, 2.75) is 118 Å². The lowest BCUT2D eigenvalue weighted by molar-refractivity contribution is 1.66. The van der Waals surface area contributed by atoms with Gasteiger partial charge in [-0.3, -0.25) is 0 Å². The van der Waals surface area contributed by atoms with E-state index in [4.69, 9.17) is 11.1 Å². The zero-order valence-electron chi connectivity index (χ0n) is 31.6. The lowest BCUT2D eigenvalue weighted by atomic mass is 10.3. The Bertz CT molecular complexity index is 1330. The van der Waals surface area contributed by atoms with Gasteiger partial charge in [-0.15, -0.1) is 11.1 Å². The molecule has 0 saturated carbocycles. The quantitative estimate of drug-likeness (QED) is 0.141. The average molecular weight is 728 g/mol. The Morgan fingerprint density at radius 1 is 0.295 bits per heavy atom. The third kappa shape index (κ3) is 7.45. The van der Waals surface area contributed by atoms with Crippen LogP contribution in [0.4, 0.5) is 0 Å². The molecule has 3 aromatic rings. The molecule has 8 heteroatoms. The van der Waals surface area contributed by atoms with Crippen LogP contribution in [0.5, 0.6) is 0 Å². The molecule has 3 aromatic carbocycles. The molecule has 0 fully saturated rings. The fourth-order valence-electron chi connectivity index (χ4n) is 7.25.